The van der Waals surface area contributed by atoms with E-state index in [-0.39, 0.29) is 5.91 Å². The predicted molar refractivity (Wildman–Crippen MR) is 62.5 cm³/mol. The summed E-state index contributed by atoms with van der Waals surface area (Å²) in [7, 11) is 0. The van der Waals surface area contributed by atoms with Crippen molar-refractivity contribution in [2.45, 2.75) is 57.9 Å². The molecule has 3 nitrogen and oxygen atoms in total. The molecule has 0 spiro atoms. The lowest BCUT2D eigenvalue weighted by molar-refractivity contribution is -0.122. The maximum Gasteiger partial charge on any atom is 0.220 e. The summed E-state index contributed by atoms with van der Waals surface area (Å²) < 4.78 is 0. The third-order valence-electron chi connectivity index (χ3n) is 3.35. The van der Waals surface area contributed by atoms with Gasteiger partial charge in [-0.15, -0.1) is 0 Å². The van der Waals surface area contributed by atoms with Gasteiger partial charge < -0.3 is 11.1 Å². The number of carbonyl (C=O) groups is 1. The first kappa shape index (κ1) is 12.5. The number of hydrogen-bond donors (Lipinski definition) is 2. The molecule has 0 aromatic rings. The fourth-order valence-corrected chi connectivity index (χ4v) is 2.34. The summed E-state index contributed by atoms with van der Waals surface area (Å²) in [6.07, 6.45) is 7.94. The molecule has 0 aromatic heterocycles. The lowest BCUT2D eigenvalue weighted by Crippen LogP contribution is -2.38. The maximum absolute atomic E-state index is 11.5. The molecule has 1 fully saturated rings. The highest BCUT2D eigenvalue weighted by atomic mass is 16.1. The molecule has 15 heavy (non-hydrogen) atoms. The Bertz CT molecular complexity index is 188. The number of rotatable bonds is 5. The minimum Gasteiger partial charge on any atom is -0.353 e. The SMILES string of the molecule is CC(NC(=O)CCCN)C1CCCCC1. The van der Waals surface area contributed by atoms with E-state index in [0.29, 0.717) is 24.9 Å². The van der Waals surface area contributed by atoms with Crippen molar-refractivity contribution in [3.63, 3.8) is 0 Å². The molecule has 0 bridgehead atoms. The first-order chi connectivity index (χ1) is 7.24. The first-order valence-electron chi connectivity index (χ1n) is 6.23. The second-order valence-corrected chi connectivity index (χ2v) is 4.65. The predicted octanol–water partition coefficient (Wildman–Crippen LogP) is 1.81. The zero-order chi connectivity index (χ0) is 11.1. The fraction of sp³-hybridized carbons (Fsp3) is 0.917. The van der Waals surface area contributed by atoms with Crippen molar-refractivity contribution in [3.05, 3.63) is 0 Å². The standard InChI is InChI=1S/C12H24N2O/c1-10(11-6-3-2-4-7-11)14-12(15)8-5-9-13/h10-11H,2-9,13H2,1H3,(H,14,15). The van der Waals surface area contributed by atoms with Gasteiger partial charge in [0.15, 0.2) is 0 Å². The number of nitrogens with two attached hydrogens (primary N) is 1. The average Bonchev–Trinajstić information content (AvgIpc) is 2.27. The van der Waals surface area contributed by atoms with Gasteiger partial charge in [0.05, 0.1) is 0 Å². The van der Waals surface area contributed by atoms with Gasteiger partial charge >= 0.3 is 0 Å². The van der Waals surface area contributed by atoms with E-state index in [1.807, 2.05) is 0 Å². The molecule has 1 aliphatic rings. The van der Waals surface area contributed by atoms with Crippen molar-refractivity contribution in [2.75, 3.05) is 6.54 Å². The van der Waals surface area contributed by atoms with Crippen LogP contribution in [0.4, 0.5) is 0 Å². The molecular formula is C12H24N2O. The van der Waals surface area contributed by atoms with E-state index in [1.54, 1.807) is 0 Å². The van der Waals surface area contributed by atoms with E-state index in [4.69, 9.17) is 5.73 Å². The highest BCUT2D eigenvalue weighted by molar-refractivity contribution is 5.76. The van der Waals surface area contributed by atoms with Gasteiger partial charge in [0.1, 0.15) is 0 Å². The van der Waals surface area contributed by atoms with Crippen molar-refractivity contribution in [2.24, 2.45) is 11.7 Å². The number of amides is 1. The van der Waals surface area contributed by atoms with Gasteiger partial charge in [-0.25, -0.2) is 0 Å². The average molecular weight is 212 g/mol. The van der Waals surface area contributed by atoms with E-state index >= 15 is 0 Å². The Morgan fingerprint density at radius 2 is 2.07 bits per heavy atom. The molecule has 0 aromatic carbocycles. The first-order valence-corrected chi connectivity index (χ1v) is 6.23. The molecule has 88 valence electrons. The van der Waals surface area contributed by atoms with Crippen LogP contribution in [0.5, 0.6) is 0 Å². The summed E-state index contributed by atoms with van der Waals surface area (Å²) in [5.74, 6) is 0.860. The molecule has 0 saturated heterocycles. The van der Waals surface area contributed by atoms with E-state index in [9.17, 15) is 4.79 Å². The summed E-state index contributed by atoms with van der Waals surface area (Å²) in [6.45, 7) is 2.74. The largest absolute Gasteiger partial charge is 0.353 e. The highest BCUT2D eigenvalue weighted by Gasteiger charge is 2.20. The third kappa shape index (κ3) is 4.65. The van der Waals surface area contributed by atoms with Gasteiger partial charge in [-0.1, -0.05) is 19.3 Å². The van der Waals surface area contributed by atoms with E-state index < -0.39 is 0 Å². The monoisotopic (exact) mass is 212 g/mol. The van der Waals surface area contributed by atoms with Crippen LogP contribution in [0.15, 0.2) is 0 Å². The van der Waals surface area contributed by atoms with Gasteiger partial charge in [0.2, 0.25) is 5.91 Å². The molecule has 1 amide bonds. The molecule has 1 atom stereocenters. The smallest absolute Gasteiger partial charge is 0.220 e. The van der Waals surface area contributed by atoms with Gasteiger partial charge in [0.25, 0.3) is 0 Å². The molecule has 0 aliphatic heterocycles. The van der Waals surface area contributed by atoms with E-state index in [1.165, 1.54) is 32.1 Å². The Balaban J connectivity index is 2.21. The van der Waals surface area contributed by atoms with Crippen LogP contribution in [0.2, 0.25) is 0 Å². The van der Waals surface area contributed by atoms with Gasteiger partial charge in [0, 0.05) is 12.5 Å². The Labute approximate surface area is 92.8 Å². The summed E-state index contributed by atoms with van der Waals surface area (Å²) in [5.41, 5.74) is 5.37. The normalized spacial score (nSPS) is 19.9. The molecular weight excluding hydrogens is 188 g/mol. The van der Waals surface area contributed by atoms with Crippen molar-refractivity contribution in [1.82, 2.24) is 5.32 Å². The second-order valence-electron chi connectivity index (χ2n) is 4.65. The van der Waals surface area contributed by atoms with Crippen LogP contribution in [0.25, 0.3) is 0 Å². The lowest BCUT2D eigenvalue weighted by atomic mass is 9.84. The van der Waals surface area contributed by atoms with E-state index in [0.717, 1.165) is 6.42 Å². The van der Waals surface area contributed by atoms with Crippen molar-refractivity contribution >= 4 is 5.91 Å². The van der Waals surface area contributed by atoms with Crippen molar-refractivity contribution < 1.29 is 4.79 Å². The number of carbonyl (C=O) groups excluding carboxylic acids is 1. The second kappa shape index (κ2) is 6.83. The van der Waals surface area contributed by atoms with Crippen molar-refractivity contribution in [3.8, 4) is 0 Å². The fourth-order valence-electron chi connectivity index (χ4n) is 2.34. The topological polar surface area (TPSA) is 55.1 Å². The van der Waals surface area contributed by atoms with Crippen LogP contribution in [0.1, 0.15) is 51.9 Å². The molecule has 1 aliphatic carbocycles. The lowest BCUT2D eigenvalue weighted by Gasteiger charge is -2.28. The maximum atomic E-state index is 11.5. The Morgan fingerprint density at radius 1 is 1.40 bits per heavy atom. The Kier molecular flexibility index (Phi) is 5.69. The molecule has 0 radical (unpaired) electrons. The van der Waals surface area contributed by atoms with Crippen LogP contribution in [-0.4, -0.2) is 18.5 Å². The summed E-state index contributed by atoms with van der Waals surface area (Å²) >= 11 is 0. The zero-order valence-electron chi connectivity index (χ0n) is 9.80. The summed E-state index contributed by atoms with van der Waals surface area (Å²) in [4.78, 5) is 11.5. The Hall–Kier alpha value is -0.570. The third-order valence-corrected chi connectivity index (χ3v) is 3.35. The van der Waals surface area contributed by atoms with Crippen LogP contribution in [-0.2, 0) is 4.79 Å². The minimum atomic E-state index is 0.165. The summed E-state index contributed by atoms with van der Waals surface area (Å²) in [5, 5.41) is 3.09. The summed E-state index contributed by atoms with van der Waals surface area (Å²) in [6, 6.07) is 0.343. The van der Waals surface area contributed by atoms with Crippen LogP contribution < -0.4 is 11.1 Å². The molecule has 3 N–H and O–H groups in total. The van der Waals surface area contributed by atoms with E-state index in [2.05, 4.69) is 12.2 Å². The number of hydrogen-bond acceptors (Lipinski definition) is 2. The van der Waals surface area contributed by atoms with Crippen LogP contribution in [0.3, 0.4) is 0 Å². The molecule has 1 unspecified atom stereocenters. The zero-order valence-corrected chi connectivity index (χ0v) is 9.80. The molecule has 1 rings (SSSR count). The molecule has 1 saturated carbocycles. The van der Waals surface area contributed by atoms with Crippen molar-refractivity contribution in [1.29, 1.82) is 0 Å². The molecule has 3 heteroatoms. The number of nitrogens with one attached hydrogen (secondary N) is 1. The van der Waals surface area contributed by atoms with Gasteiger partial charge in [-0.3, -0.25) is 4.79 Å². The molecule has 0 heterocycles. The quantitative estimate of drug-likeness (QED) is 0.730. The minimum absolute atomic E-state index is 0.165. The van der Waals surface area contributed by atoms with Crippen LogP contribution >= 0.6 is 0 Å². The van der Waals surface area contributed by atoms with Gasteiger partial charge in [-0.2, -0.15) is 0 Å². The highest BCUT2D eigenvalue weighted by Crippen LogP contribution is 2.26. The Morgan fingerprint density at radius 3 is 2.67 bits per heavy atom. The van der Waals surface area contributed by atoms with Crippen LogP contribution in [0, 0.1) is 5.92 Å². The van der Waals surface area contributed by atoms with Gasteiger partial charge in [-0.05, 0) is 38.6 Å².